The van der Waals surface area contributed by atoms with Gasteiger partial charge in [0.1, 0.15) is 12.0 Å². The molecule has 0 unspecified atom stereocenters. The van der Waals surface area contributed by atoms with E-state index in [1.807, 2.05) is 30.6 Å². The fourth-order valence-electron chi connectivity index (χ4n) is 4.35. The van der Waals surface area contributed by atoms with Crippen molar-refractivity contribution in [3.05, 3.63) is 42.4 Å². The first-order valence-electron chi connectivity index (χ1n) is 10.6. The van der Waals surface area contributed by atoms with E-state index in [0.29, 0.717) is 37.3 Å². The normalized spacial score (nSPS) is 21.5. The van der Waals surface area contributed by atoms with E-state index in [1.165, 1.54) is 6.20 Å². The molecule has 1 amide bonds. The molecule has 3 aromatic rings. The number of rotatable bonds is 5. The van der Waals surface area contributed by atoms with Gasteiger partial charge in [0, 0.05) is 36.6 Å². The van der Waals surface area contributed by atoms with Crippen molar-refractivity contribution in [2.24, 2.45) is 5.73 Å². The first-order valence-corrected chi connectivity index (χ1v) is 10.6. The Balaban J connectivity index is 1.49. The zero-order valence-corrected chi connectivity index (χ0v) is 17.1. The number of nitrogens with two attached hydrogens (primary N) is 1. The van der Waals surface area contributed by atoms with Crippen LogP contribution in [0, 0.1) is 0 Å². The fraction of sp³-hybridized carbons (Fsp3) is 0.409. The number of anilines is 2. The number of aromatic nitrogens is 3. The zero-order chi connectivity index (χ0) is 21.4. The Kier molecular flexibility index (Phi) is 5.19. The zero-order valence-electron chi connectivity index (χ0n) is 17.1. The summed E-state index contributed by atoms with van der Waals surface area (Å²) in [6.07, 6.45) is 6.25. The van der Waals surface area contributed by atoms with Gasteiger partial charge >= 0.3 is 0 Å². The molecular formula is C22H25FN6O2. The second-order valence-electron chi connectivity index (χ2n) is 8.06. The highest BCUT2D eigenvalue weighted by Gasteiger charge is 2.29. The van der Waals surface area contributed by atoms with Gasteiger partial charge in [-0.2, -0.15) is 5.10 Å². The van der Waals surface area contributed by atoms with Crippen molar-refractivity contribution in [3.8, 4) is 11.1 Å². The molecule has 0 radical (unpaired) electrons. The van der Waals surface area contributed by atoms with Gasteiger partial charge in [-0.15, -0.1) is 0 Å². The van der Waals surface area contributed by atoms with Gasteiger partial charge in [-0.05, 0) is 37.5 Å². The van der Waals surface area contributed by atoms with Crippen LogP contribution in [0.1, 0.15) is 29.6 Å². The van der Waals surface area contributed by atoms with E-state index in [2.05, 4.69) is 20.3 Å². The van der Waals surface area contributed by atoms with Crippen molar-refractivity contribution in [1.82, 2.24) is 14.6 Å². The average Bonchev–Trinajstić information content (AvgIpc) is 3.41. The summed E-state index contributed by atoms with van der Waals surface area (Å²) in [4.78, 5) is 18.8. The summed E-state index contributed by atoms with van der Waals surface area (Å²) in [5.41, 5.74) is 8.88. The van der Waals surface area contributed by atoms with E-state index in [1.54, 1.807) is 4.52 Å². The highest BCUT2D eigenvalue weighted by Crippen LogP contribution is 2.32. The Labute approximate surface area is 179 Å². The van der Waals surface area contributed by atoms with Gasteiger partial charge in [-0.3, -0.25) is 4.79 Å². The molecule has 0 spiro atoms. The third-order valence-electron chi connectivity index (χ3n) is 6.08. The van der Waals surface area contributed by atoms with E-state index in [4.69, 9.17) is 10.5 Å². The molecule has 3 aromatic heterocycles. The quantitative estimate of drug-likeness (QED) is 0.654. The Morgan fingerprint density at radius 3 is 2.71 bits per heavy atom. The maximum atomic E-state index is 14.2. The van der Waals surface area contributed by atoms with Crippen LogP contribution in [0.5, 0.6) is 0 Å². The van der Waals surface area contributed by atoms with Gasteiger partial charge in [-0.25, -0.2) is 13.9 Å². The second-order valence-corrected chi connectivity index (χ2v) is 8.06. The van der Waals surface area contributed by atoms with Crippen LogP contribution in [0.4, 0.5) is 15.9 Å². The predicted octanol–water partition coefficient (Wildman–Crippen LogP) is 2.63. The topological polar surface area (TPSA) is 97.8 Å². The highest BCUT2D eigenvalue weighted by atomic mass is 19.1. The van der Waals surface area contributed by atoms with Crippen molar-refractivity contribution in [1.29, 1.82) is 0 Å². The number of carbonyl (C=O) groups is 1. The van der Waals surface area contributed by atoms with E-state index in [0.717, 1.165) is 36.5 Å². The number of amides is 1. The van der Waals surface area contributed by atoms with E-state index in [-0.39, 0.29) is 11.6 Å². The number of halogens is 1. The minimum atomic E-state index is -0.944. The first kappa shape index (κ1) is 19.7. The minimum Gasteiger partial charge on any atom is -0.378 e. The van der Waals surface area contributed by atoms with Crippen LogP contribution in [0.3, 0.4) is 0 Å². The van der Waals surface area contributed by atoms with Crippen molar-refractivity contribution < 1.29 is 13.9 Å². The van der Waals surface area contributed by atoms with E-state index < -0.39 is 12.1 Å². The van der Waals surface area contributed by atoms with Gasteiger partial charge in [0.2, 0.25) is 0 Å². The van der Waals surface area contributed by atoms with Gasteiger partial charge in [0.15, 0.2) is 0 Å². The van der Waals surface area contributed by atoms with Gasteiger partial charge < -0.3 is 20.7 Å². The smallest absolute Gasteiger partial charge is 0.252 e. The number of primary amides is 1. The van der Waals surface area contributed by atoms with Crippen LogP contribution in [0.25, 0.3) is 16.6 Å². The van der Waals surface area contributed by atoms with Crippen molar-refractivity contribution in [2.45, 2.75) is 31.5 Å². The van der Waals surface area contributed by atoms with Crippen LogP contribution in [-0.2, 0) is 4.74 Å². The number of hydrogen-bond donors (Lipinski definition) is 2. The van der Waals surface area contributed by atoms with Gasteiger partial charge in [-0.1, -0.05) is 0 Å². The monoisotopic (exact) mass is 424 g/mol. The molecule has 1 saturated heterocycles. The SMILES string of the molecule is NC(=O)c1cnn2cc(-c3ccc(N4CCOCC4)nc3)cc2c1N[C@@H]1CCC[C@@H]1F. The number of ether oxygens (including phenoxy) is 1. The van der Waals surface area contributed by atoms with E-state index >= 15 is 0 Å². The predicted molar refractivity (Wildman–Crippen MR) is 116 cm³/mol. The number of alkyl halides is 1. The number of morpholine rings is 1. The molecule has 4 heterocycles. The van der Waals surface area contributed by atoms with E-state index in [9.17, 15) is 9.18 Å². The maximum absolute atomic E-state index is 14.2. The summed E-state index contributed by atoms with van der Waals surface area (Å²) in [5, 5.41) is 7.56. The molecule has 8 nitrogen and oxygen atoms in total. The Morgan fingerprint density at radius 1 is 1.19 bits per heavy atom. The summed E-state index contributed by atoms with van der Waals surface area (Å²) < 4.78 is 21.3. The number of hydrogen-bond acceptors (Lipinski definition) is 6. The van der Waals surface area contributed by atoms with Gasteiger partial charge in [0.05, 0.1) is 42.2 Å². The molecule has 2 aliphatic rings. The Morgan fingerprint density at radius 2 is 2.03 bits per heavy atom. The third-order valence-corrected chi connectivity index (χ3v) is 6.08. The lowest BCUT2D eigenvalue weighted by Gasteiger charge is -2.27. The molecule has 3 N–H and O–H groups in total. The number of fused-ring (bicyclic) bond motifs is 1. The molecule has 0 bridgehead atoms. The maximum Gasteiger partial charge on any atom is 0.252 e. The summed E-state index contributed by atoms with van der Waals surface area (Å²) in [7, 11) is 0. The number of carbonyl (C=O) groups excluding carboxylic acids is 1. The third kappa shape index (κ3) is 3.81. The lowest BCUT2D eigenvalue weighted by molar-refractivity contribution is 0.100. The lowest BCUT2D eigenvalue weighted by atomic mass is 10.1. The van der Waals surface area contributed by atoms with Crippen molar-refractivity contribution in [2.75, 3.05) is 36.5 Å². The molecule has 162 valence electrons. The summed E-state index contributed by atoms with van der Waals surface area (Å²) in [5.74, 6) is 0.327. The molecule has 2 atom stereocenters. The van der Waals surface area contributed by atoms with Crippen LogP contribution in [0.2, 0.25) is 0 Å². The molecule has 1 aliphatic heterocycles. The molecule has 1 saturated carbocycles. The number of pyridine rings is 1. The fourth-order valence-corrected chi connectivity index (χ4v) is 4.35. The second kappa shape index (κ2) is 8.14. The van der Waals surface area contributed by atoms with Crippen molar-refractivity contribution in [3.63, 3.8) is 0 Å². The molecule has 5 rings (SSSR count). The number of nitrogens with zero attached hydrogens (tertiary/aromatic N) is 4. The highest BCUT2D eigenvalue weighted by molar-refractivity contribution is 6.02. The summed E-state index contributed by atoms with van der Waals surface area (Å²) in [6.45, 7) is 3.07. The molecule has 31 heavy (non-hydrogen) atoms. The van der Waals surface area contributed by atoms with Crippen molar-refractivity contribution >= 4 is 22.9 Å². The summed E-state index contributed by atoms with van der Waals surface area (Å²) >= 11 is 0. The minimum absolute atomic E-state index is 0.261. The standard InChI is InChI=1S/C22H25FN6O2/c23-17-2-1-3-18(17)27-21-16(22(24)30)12-26-29-13-15(10-19(21)29)14-4-5-20(25-11-14)28-6-8-31-9-7-28/h4-5,10-13,17-18,27H,1-3,6-9H2,(H2,24,30)/t17-,18+/m0/s1. The largest absolute Gasteiger partial charge is 0.378 e. The summed E-state index contributed by atoms with van der Waals surface area (Å²) in [6, 6.07) is 5.60. The molecule has 9 heteroatoms. The number of nitrogens with one attached hydrogen (secondary N) is 1. The van der Waals surface area contributed by atoms with Crippen LogP contribution in [0.15, 0.2) is 36.8 Å². The molecule has 1 aliphatic carbocycles. The van der Waals surface area contributed by atoms with Crippen LogP contribution in [-0.4, -0.2) is 59.0 Å². The molecule has 0 aromatic carbocycles. The Bertz CT molecular complexity index is 1090. The first-order chi connectivity index (χ1) is 15.1. The van der Waals surface area contributed by atoms with Crippen LogP contribution < -0.4 is 16.0 Å². The van der Waals surface area contributed by atoms with Gasteiger partial charge in [0.25, 0.3) is 5.91 Å². The Hall–Kier alpha value is -3.20. The average molecular weight is 424 g/mol. The molecule has 2 fully saturated rings. The molecular weight excluding hydrogens is 399 g/mol. The van der Waals surface area contributed by atoms with Crippen LogP contribution >= 0.6 is 0 Å². The lowest BCUT2D eigenvalue weighted by Crippen LogP contribution is -2.36.